The van der Waals surface area contributed by atoms with E-state index in [1.54, 1.807) is 11.3 Å². The molecular formula is C14H17N3OS. The van der Waals surface area contributed by atoms with Crippen LogP contribution in [0.3, 0.4) is 0 Å². The fourth-order valence-corrected chi connectivity index (χ4v) is 3.15. The normalized spacial score (nSPS) is 13.5. The van der Waals surface area contributed by atoms with E-state index in [2.05, 4.69) is 22.2 Å². The van der Waals surface area contributed by atoms with Crippen LogP contribution in [0.2, 0.25) is 0 Å². The van der Waals surface area contributed by atoms with Gasteiger partial charge in [-0.25, -0.2) is 4.98 Å². The molecule has 100 valence electrons. The first-order chi connectivity index (χ1) is 9.28. The van der Waals surface area contributed by atoms with Gasteiger partial charge in [-0.3, -0.25) is 4.79 Å². The lowest BCUT2D eigenvalue weighted by molar-refractivity contribution is 0.897. The third kappa shape index (κ3) is 2.42. The molecule has 0 bridgehead atoms. The van der Waals surface area contributed by atoms with E-state index in [1.165, 1.54) is 5.56 Å². The van der Waals surface area contributed by atoms with Crippen molar-refractivity contribution in [2.45, 2.75) is 32.6 Å². The van der Waals surface area contributed by atoms with Gasteiger partial charge in [-0.15, -0.1) is 11.3 Å². The van der Waals surface area contributed by atoms with Gasteiger partial charge in [0.2, 0.25) is 0 Å². The van der Waals surface area contributed by atoms with Crippen LogP contribution in [0.15, 0.2) is 16.2 Å². The summed E-state index contributed by atoms with van der Waals surface area (Å²) in [7, 11) is 0. The van der Waals surface area contributed by atoms with E-state index >= 15 is 0 Å². The number of pyridine rings is 1. The van der Waals surface area contributed by atoms with Crippen molar-refractivity contribution >= 4 is 16.5 Å². The molecule has 0 aromatic carbocycles. The molecule has 0 fully saturated rings. The first kappa shape index (κ1) is 12.4. The molecule has 0 saturated carbocycles. The van der Waals surface area contributed by atoms with Gasteiger partial charge in [-0.1, -0.05) is 6.92 Å². The van der Waals surface area contributed by atoms with Crippen LogP contribution < -0.4 is 10.9 Å². The van der Waals surface area contributed by atoms with Crippen LogP contribution in [0, 0.1) is 0 Å². The third-order valence-electron chi connectivity index (χ3n) is 3.39. The summed E-state index contributed by atoms with van der Waals surface area (Å²) < 4.78 is 0. The predicted molar refractivity (Wildman–Crippen MR) is 79.0 cm³/mol. The van der Waals surface area contributed by atoms with Crippen molar-refractivity contribution < 1.29 is 0 Å². The predicted octanol–water partition coefficient (Wildman–Crippen LogP) is 2.81. The molecule has 0 aliphatic heterocycles. The Hall–Kier alpha value is -1.62. The van der Waals surface area contributed by atoms with Crippen LogP contribution in [0.5, 0.6) is 0 Å². The highest BCUT2D eigenvalue weighted by molar-refractivity contribution is 7.14. The molecule has 2 N–H and O–H groups in total. The Bertz CT molecular complexity index is 644. The first-order valence-electron chi connectivity index (χ1n) is 6.72. The van der Waals surface area contributed by atoms with Crippen LogP contribution in [-0.4, -0.2) is 16.5 Å². The van der Waals surface area contributed by atoms with Crippen molar-refractivity contribution in [2.24, 2.45) is 0 Å². The van der Waals surface area contributed by atoms with Crippen molar-refractivity contribution in [3.63, 3.8) is 0 Å². The summed E-state index contributed by atoms with van der Waals surface area (Å²) in [6.07, 6.45) is 4.25. The molecule has 3 rings (SSSR count). The van der Waals surface area contributed by atoms with E-state index in [0.717, 1.165) is 48.7 Å². The number of rotatable bonds is 4. The molecule has 0 atom stereocenters. The highest BCUT2D eigenvalue weighted by Gasteiger charge is 2.16. The fourth-order valence-electron chi connectivity index (χ4n) is 2.41. The average Bonchev–Trinajstić information content (AvgIpc) is 3.03. The van der Waals surface area contributed by atoms with E-state index in [4.69, 9.17) is 0 Å². The molecular weight excluding hydrogens is 258 g/mol. The summed E-state index contributed by atoms with van der Waals surface area (Å²) in [6.45, 7) is 3.03. The van der Waals surface area contributed by atoms with Crippen LogP contribution >= 0.6 is 11.3 Å². The quantitative estimate of drug-likeness (QED) is 0.902. The van der Waals surface area contributed by atoms with Gasteiger partial charge >= 0.3 is 0 Å². The second-order valence-electron chi connectivity index (χ2n) is 4.83. The van der Waals surface area contributed by atoms with Crippen LogP contribution in [0.4, 0.5) is 5.13 Å². The molecule has 4 nitrogen and oxygen atoms in total. The van der Waals surface area contributed by atoms with Crippen LogP contribution in [0.25, 0.3) is 11.3 Å². The topological polar surface area (TPSA) is 57.8 Å². The van der Waals surface area contributed by atoms with Gasteiger partial charge in [0.15, 0.2) is 5.13 Å². The maximum atomic E-state index is 12.1. The number of hydrogen-bond acceptors (Lipinski definition) is 4. The number of aromatic nitrogens is 2. The molecule has 5 heteroatoms. The van der Waals surface area contributed by atoms with Gasteiger partial charge in [-0.05, 0) is 37.3 Å². The number of nitrogens with zero attached hydrogens (tertiary/aromatic N) is 1. The smallest absolute Gasteiger partial charge is 0.257 e. The van der Waals surface area contributed by atoms with Gasteiger partial charge < -0.3 is 10.3 Å². The Morgan fingerprint density at radius 2 is 2.37 bits per heavy atom. The maximum absolute atomic E-state index is 12.1. The summed E-state index contributed by atoms with van der Waals surface area (Å²) in [5, 5.41) is 6.09. The summed E-state index contributed by atoms with van der Waals surface area (Å²) in [5.41, 5.74) is 3.83. The van der Waals surface area contributed by atoms with E-state index in [-0.39, 0.29) is 5.56 Å². The van der Waals surface area contributed by atoms with Gasteiger partial charge in [0.05, 0.1) is 11.3 Å². The molecule has 2 aromatic heterocycles. The zero-order chi connectivity index (χ0) is 13.2. The van der Waals surface area contributed by atoms with Crippen molar-refractivity contribution in [1.29, 1.82) is 0 Å². The number of hydrogen-bond donors (Lipinski definition) is 2. The molecule has 0 amide bonds. The van der Waals surface area contributed by atoms with E-state index in [9.17, 15) is 4.79 Å². The monoisotopic (exact) mass is 275 g/mol. The summed E-state index contributed by atoms with van der Waals surface area (Å²) in [5.74, 6) is 0. The molecule has 2 aromatic rings. The second-order valence-corrected chi connectivity index (χ2v) is 5.69. The average molecular weight is 275 g/mol. The van der Waals surface area contributed by atoms with Crippen molar-refractivity contribution in [3.05, 3.63) is 33.1 Å². The van der Waals surface area contributed by atoms with E-state index in [0.29, 0.717) is 5.56 Å². The van der Waals surface area contributed by atoms with Gasteiger partial charge in [0.1, 0.15) is 0 Å². The Morgan fingerprint density at radius 3 is 3.21 bits per heavy atom. The van der Waals surface area contributed by atoms with Crippen molar-refractivity contribution in [2.75, 3.05) is 11.9 Å². The van der Waals surface area contributed by atoms with E-state index < -0.39 is 0 Å². The van der Waals surface area contributed by atoms with Gasteiger partial charge in [-0.2, -0.15) is 0 Å². The number of aryl methyl sites for hydroxylation is 2. The summed E-state index contributed by atoms with van der Waals surface area (Å²) in [6, 6.07) is 2.01. The molecule has 19 heavy (non-hydrogen) atoms. The molecule has 0 radical (unpaired) electrons. The number of fused-ring (bicyclic) bond motifs is 1. The Balaban J connectivity index is 1.93. The van der Waals surface area contributed by atoms with Crippen molar-refractivity contribution in [1.82, 2.24) is 9.97 Å². The molecule has 0 unspecified atom stereocenters. The summed E-state index contributed by atoms with van der Waals surface area (Å²) >= 11 is 1.55. The zero-order valence-corrected chi connectivity index (χ0v) is 11.8. The Kier molecular flexibility index (Phi) is 3.38. The molecule has 1 aliphatic rings. The number of nitrogens with one attached hydrogen (secondary N) is 2. The molecule has 1 aliphatic carbocycles. The van der Waals surface area contributed by atoms with E-state index in [1.807, 2.05) is 11.4 Å². The largest absolute Gasteiger partial charge is 0.362 e. The molecule has 2 heterocycles. The zero-order valence-electron chi connectivity index (χ0n) is 11.0. The molecule has 0 saturated heterocycles. The number of aromatic amines is 1. The van der Waals surface area contributed by atoms with Gasteiger partial charge in [0.25, 0.3) is 5.56 Å². The minimum absolute atomic E-state index is 0.0204. The van der Waals surface area contributed by atoms with Crippen LogP contribution in [-0.2, 0) is 12.8 Å². The van der Waals surface area contributed by atoms with Crippen molar-refractivity contribution in [3.8, 4) is 11.3 Å². The Morgan fingerprint density at radius 1 is 1.47 bits per heavy atom. The lowest BCUT2D eigenvalue weighted by Crippen LogP contribution is -2.12. The SMILES string of the molecule is CCCNc1nc(-c2cc3c([nH]c2=O)CCC3)cs1. The number of H-pyrrole nitrogens is 1. The maximum Gasteiger partial charge on any atom is 0.257 e. The second kappa shape index (κ2) is 5.17. The number of anilines is 1. The fraction of sp³-hybridized carbons (Fsp3) is 0.429. The van der Waals surface area contributed by atoms with Crippen LogP contribution in [0.1, 0.15) is 31.0 Å². The highest BCUT2D eigenvalue weighted by Crippen LogP contribution is 2.26. The lowest BCUT2D eigenvalue weighted by atomic mass is 10.1. The highest BCUT2D eigenvalue weighted by atomic mass is 32.1. The summed E-state index contributed by atoms with van der Waals surface area (Å²) in [4.78, 5) is 19.6. The Labute approximate surface area is 115 Å². The van der Waals surface area contributed by atoms with Gasteiger partial charge in [0, 0.05) is 17.6 Å². The minimum Gasteiger partial charge on any atom is -0.362 e. The lowest BCUT2D eigenvalue weighted by Gasteiger charge is -2.02. The molecule has 0 spiro atoms. The standard InChI is InChI=1S/C14H17N3OS/c1-2-6-15-14-17-12(8-19-14)10-7-9-4-3-5-11(9)16-13(10)18/h7-8H,2-6H2,1H3,(H,15,17)(H,16,18). The third-order valence-corrected chi connectivity index (χ3v) is 4.19. The first-order valence-corrected chi connectivity index (χ1v) is 7.60. The number of thiazole rings is 1. The minimum atomic E-state index is -0.0204.